The summed E-state index contributed by atoms with van der Waals surface area (Å²) < 4.78 is 0. The van der Waals surface area contributed by atoms with Crippen molar-refractivity contribution >= 4 is 56.6 Å². The lowest BCUT2D eigenvalue weighted by molar-refractivity contribution is 0.0686. The average Bonchev–Trinajstić information content (AvgIpc) is 3.17. The van der Waals surface area contributed by atoms with Gasteiger partial charge in [0.05, 0.1) is 22.3 Å². The van der Waals surface area contributed by atoms with Crippen molar-refractivity contribution in [2.24, 2.45) is 0 Å². The van der Waals surface area contributed by atoms with E-state index in [0.29, 0.717) is 5.57 Å². The van der Waals surface area contributed by atoms with E-state index in [0.717, 1.165) is 71.3 Å². The van der Waals surface area contributed by atoms with Gasteiger partial charge in [-0.05, 0) is 138 Å². The van der Waals surface area contributed by atoms with Crippen molar-refractivity contribution in [3.63, 3.8) is 0 Å². The monoisotopic (exact) mass is 698 g/mol. The largest absolute Gasteiger partial charge is 0.478 e. The Morgan fingerprint density at radius 1 is 0.434 bits per heavy atom. The molecule has 7 aromatic rings. The molecule has 0 unspecified atom stereocenters. The molecule has 0 heterocycles. The minimum atomic E-state index is -1.04. The highest BCUT2D eigenvalue weighted by atomic mass is 16.4. The van der Waals surface area contributed by atoms with Gasteiger partial charge in [-0.2, -0.15) is 0 Å². The molecule has 0 aliphatic rings. The van der Waals surface area contributed by atoms with Gasteiger partial charge in [-0.1, -0.05) is 79.4 Å². The summed E-state index contributed by atoms with van der Waals surface area (Å²) in [6, 6.07) is 36.5. The van der Waals surface area contributed by atoms with Crippen LogP contribution in [0.4, 0.5) is 0 Å². The summed E-state index contributed by atoms with van der Waals surface area (Å²) in [5.41, 5.74) is 7.60. The molecule has 53 heavy (non-hydrogen) atoms. The van der Waals surface area contributed by atoms with Crippen molar-refractivity contribution in [1.29, 1.82) is 0 Å². The molecule has 0 fully saturated rings. The zero-order valence-electron chi connectivity index (χ0n) is 28.3. The molecule has 4 N–H and O–H groups in total. The molecule has 7 aromatic carbocycles. The standard InChI is InChI=1S/C45H30O8/c1-24(26-3-11-30(12-4-26)42(46)47)34-19-21-36-38(28-7-15-32(16-8-28)44(50)51)23-39(29-9-17-33(18-10-29)45(52)53)37-22-20-35(40(34)41(36)37)25(2)27-5-13-31(14-6-27)43(48)49/h3-23H,1H2,2H3,(H,46,47)(H,48,49)(H,50,51)(H,52,53)/b35-25+. The van der Waals surface area contributed by atoms with Gasteiger partial charge in [0.15, 0.2) is 0 Å². The van der Waals surface area contributed by atoms with E-state index in [4.69, 9.17) is 0 Å². The molecule has 0 radical (unpaired) electrons. The first-order valence-electron chi connectivity index (χ1n) is 16.5. The molecule has 0 aromatic heterocycles. The number of hydrogen-bond donors (Lipinski definition) is 4. The Balaban J connectivity index is 1.61. The van der Waals surface area contributed by atoms with Gasteiger partial charge in [0, 0.05) is 0 Å². The Morgan fingerprint density at radius 3 is 1.21 bits per heavy atom. The number of rotatable bonds is 9. The van der Waals surface area contributed by atoms with Crippen LogP contribution in [0.5, 0.6) is 0 Å². The fraction of sp³-hybridized carbons (Fsp3) is 0.0222. The van der Waals surface area contributed by atoms with E-state index in [1.54, 1.807) is 84.9 Å². The summed E-state index contributed by atoms with van der Waals surface area (Å²) in [5.74, 6) is -4.16. The van der Waals surface area contributed by atoms with E-state index in [1.807, 2.05) is 37.3 Å². The lowest BCUT2D eigenvalue weighted by Gasteiger charge is -2.20. The topological polar surface area (TPSA) is 149 Å². The first-order chi connectivity index (χ1) is 25.4. The number of hydrogen-bond acceptors (Lipinski definition) is 4. The van der Waals surface area contributed by atoms with E-state index in [-0.39, 0.29) is 22.3 Å². The maximum Gasteiger partial charge on any atom is 0.335 e. The van der Waals surface area contributed by atoms with Gasteiger partial charge in [0.1, 0.15) is 0 Å². The molecule has 0 spiro atoms. The van der Waals surface area contributed by atoms with E-state index in [9.17, 15) is 39.6 Å². The fourth-order valence-electron chi connectivity index (χ4n) is 6.86. The Hall–Kier alpha value is -7.32. The van der Waals surface area contributed by atoms with Gasteiger partial charge in [0.25, 0.3) is 0 Å². The van der Waals surface area contributed by atoms with Gasteiger partial charge in [-0.25, -0.2) is 19.2 Å². The van der Waals surface area contributed by atoms with Crippen LogP contribution < -0.4 is 5.22 Å². The fourth-order valence-corrected chi connectivity index (χ4v) is 6.86. The number of carboxylic acids is 4. The zero-order chi connectivity index (χ0) is 37.6. The summed E-state index contributed by atoms with van der Waals surface area (Å²) in [6.45, 7) is 6.45. The Morgan fingerprint density at radius 2 is 0.792 bits per heavy atom. The molecule has 8 heteroatoms. The molecule has 8 nitrogen and oxygen atoms in total. The first-order valence-corrected chi connectivity index (χ1v) is 16.5. The average molecular weight is 699 g/mol. The maximum absolute atomic E-state index is 11.7. The molecular formula is C45H30O8. The second-order valence-electron chi connectivity index (χ2n) is 12.7. The number of benzene rings is 7. The summed E-state index contributed by atoms with van der Waals surface area (Å²) in [6.07, 6.45) is 0. The maximum atomic E-state index is 11.7. The molecular weight excluding hydrogens is 668 g/mol. The van der Waals surface area contributed by atoms with Gasteiger partial charge in [-0.3, -0.25) is 0 Å². The van der Waals surface area contributed by atoms with E-state index in [1.165, 1.54) is 12.1 Å². The molecule has 0 saturated heterocycles. The van der Waals surface area contributed by atoms with Crippen LogP contribution >= 0.6 is 0 Å². The Labute approximate surface area is 302 Å². The van der Waals surface area contributed by atoms with Gasteiger partial charge < -0.3 is 20.4 Å². The van der Waals surface area contributed by atoms with Crippen LogP contribution in [-0.4, -0.2) is 44.3 Å². The summed E-state index contributed by atoms with van der Waals surface area (Å²) >= 11 is 0. The third kappa shape index (κ3) is 6.19. The zero-order valence-corrected chi connectivity index (χ0v) is 28.3. The highest BCUT2D eigenvalue weighted by Gasteiger charge is 2.20. The third-order valence-electron chi connectivity index (χ3n) is 9.69. The third-order valence-corrected chi connectivity index (χ3v) is 9.69. The smallest absolute Gasteiger partial charge is 0.335 e. The van der Waals surface area contributed by atoms with Crippen LogP contribution in [0.3, 0.4) is 0 Å². The number of aromatic carboxylic acids is 4. The predicted molar refractivity (Wildman–Crippen MR) is 205 cm³/mol. The van der Waals surface area contributed by atoms with Crippen molar-refractivity contribution in [2.45, 2.75) is 6.92 Å². The number of carbonyl (C=O) groups is 4. The quantitative estimate of drug-likeness (QED) is 0.117. The second-order valence-corrected chi connectivity index (χ2v) is 12.7. The molecule has 0 aliphatic heterocycles. The van der Waals surface area contributed by atoms with Gasteiger partial charge >= 0.3 is 23.9 Å². The molecule has 258 valence electrons. The van der Waals surface area contributed by atoms with Crippen LogP contribution in [0.25, 0.3) is 54.9 Å². The van der Waals surface area contributed by atoms with E-state index in [2.05, 4.69) is 6.58 Å². The second kappa shape index (κ2) is 13.4. The molecule has 7 rings (SSSR count). The summed E-state index contributed by atoms with van der Waals surface area (Å²) in [4.78, 5) is 46.7. The highest BCUT2D eigenvalue weighted by molar-refractivity contribution is 6.22. The number of carboxylic acid groups (broad SMARTS) is 4. The lowest BCUT2D eigenvalue weighted by atomic mass is 9.83. The predicted octanol–water partition coefficient (Wildman–Crippen LogP) is 9.12. The molecule has 0 bridgehead atoms. The minimum Gasteiger partial charge on any atom is -0.478 e. The van der Waals surface area contributed by atoms with Crippen molar-refractivity contribution in [3.05, 3.63) is 178 Å². The van der Waals surface area contributed by atoms with Crippen molar-refractivity contribution in [1.82, 2.24) is 0 Å². The van der Waals surface area contributed by atoms with Crippen LogP contribution in [0.1, 0.15) is 65.0 Å². The van der Waals surface area contributed by atoms with Crippen LogP contribution in [-0.2, 0) is 0 Å². The Bertz CT molecular complexity index is 2630. The minimum absolute atomic E-state index is 0.143. The summed E-state index contributed by atoms with van der Waals surface area (Å²) in [5, 5.41) is 42.6. The van der Waals surface area contributed by atoms with Crippen molar-refractivity contribution < 1.29 is 39.6 Å². The Kier molecular flexibility index (Phi) is 8.65. The van der Waals surface area contributed by atoms with Crippen LogP contribution in [0.2, 0.25) is 0 Å². The van der Waals surface area contributed by atoms with Gasteiger partial charge in [0.2, 0.25) is 0 Å². The molecule has 0 amide bonds. The summed E-state index contributed by atoms with van der Waals surface area (Å²) in [7, 11) is 0. The van der Waals surface area contributed by atoms with Crippen molar-refractivity contribution in [3.8, 4) is 22.3 Å². The first kappa shape index (κ1) is 34.1. The van der Waals surface area contributed by atoms with E-state index >= 15 is 0 Å². The van der Waals surface area contributed by atoms with Crippen LogP contribution in [0.15, 0.2) is 134 Å². The highest BCUT2D eigenvalue weighted by Crippen LogP contribution is 2.43. The van der Waals surface area contributed by atoms with E-state index < -0.39 is 23.9 Å². The molecule has 0 saturated carbocycles. The molecule has 0 atom stereocenters. The van der Waals surface area contributed by atoms with Gasteiger partial charge in [-0.15, -0.1) is 0 Å². The molecule has 0 aliphatic carbocycles. The van der Waals surface area contributed by atoms with Crippen LogP contribution in [0, 0.1) is 0 Å². The van der Waals surface area contributed by atoms with Crippen molar-refractivity contribution in [2.75, 3.05) is 0 Å². The lowest BCUT2D eigenvalue weighted by Crippen LogP contribution is -2.11. The SMILES string of the molecule is C=C(c1ccc(C(=O)O)cc1)c1ccc2c(-c3ccc(C(=O)O)cc3)cc(-c3ccc(C(=O)O)cc3)c3cc/c(=C(/C)c4ccc(C(=O)O)cc4)c1c23. The normalized spacial score (nSPS) is 11.7.